The van der Waals surface area contributed by atoms with E-state index in [1.807, 2.05) is 29.2 Å². The van der Waals surface area contributed by atoms with Crippen LogP contribution in [-0.4, -0.2) is 28.9 Å². The minimum atomic E-state index is 0.0911. The van der Waals surface area contributed by atoms with Gasteiger partial charge in [-0.15, -0.1) is 0 Å². The first-order valence-corrected chi connectivity index (χ1v) is 5.70. The Balaban J connectivity index is 2.12. The molecule has 1 amide bonds. The molecule has 4 heteroatoms. The Labute approximate surface area is 99.0 Å². The van der Waals surface area contributed by atoms with E-state index in [9.17, 15) is 4.79 Å². The van der Waals surface area contributed by atoms with Crippen molar-refractivity contribution in [1.29, 1.82) is 0 Å². The molecule has 2 N–H and O–H groups in total. The molecule has 0 unspecified atom stereocenters. The summed E-state index contributed by atoms with van der Waals surface area (Å²) < 4.78 is 0. The van der Waals surface area contributed by atoms with Crippen molar-refractivity contribution in [3.63, 3.8) is 0 Å². The van der Waals surface area contributed by atoms with Crippen molar-refractivity contribution in [3.05, 3.63) is 35.9 Å². The van der Waals surface area contributed by atoms with E-state index in [0.717, 1.165) is 36.0 Å². The van der Waals surface area contributed by atoms with Gasteiger partial charge in [0.1, 0.15) is 5.82 Å². The number of nitrogens with two attached hydrogens (primary N) is 1. The van der Waals surface area contributed by atoms with Gasteiger partial charge >= 0.3 is 0 Å². The largest absolute Gasteiger partial charge is 0.384 e. The van der Waals surface area contributed by atoms with Crippen LogP contribution in [0.3, 0.4) is 0 Å². The number of amides is 1. The molecule has 17 heavy (non-hydrogen) atoms. The molecule has 1 aromatic heterocycles. The van der Waals surface area contributed by atoms with E-state index in [1.54, 1.807) is 6.07 Å². The van der Waals surface area contributed by atoms with Gasteiger partial charge in [-0.2, -0.15) is 0 Å². The number of nitrogen functional groups attached to an aromatic ring is 1. The molecule has 4 nitrogen and oxygen atoms in total. The van der Waals surface area contributed by atoms with E-state index >= 15 is 0 Å². The number of fused-ring (bicyclic) bond motifs is 1. The Bertz CT molecular complexity index is 590. The number of carbonyl (C=O) groups excluding carboxylic acids is 1. The molecule has 3 rings (SSSR count). The maximum atomic E-state index is 12.2. The summed E-state index contributed by atoms with van der Waals surface area (Å²) in [7, 11) is 0. The van der Waals surface area contributed by atoms with Crippen LogP contribution in [0.5, 0.6) is 0 Å². The molecule has 0 saturated carbocycles. The Hall–Kier alpha value is -2.10. The zero-order chi connectivity index (χ0) is 11.8. The molecule has 1 aliphatic rings. The van der Waals surface area contributed by atoms with Crippen molar-refractivity contribution >= 4 is 22.6 Å². The van der Waals surface area contributed by atoms with E-state index in [0.29, 0.717) is 5.82 Å². The van der Waals surface area contributed by atoms with Crippen molar-refractivity contribution in [2.24, 2.45) is 0 Å². The lowest BCUT2D eigenvalue weighted by Crippen LogP contribution is -2.42. The molecule has 1 aliphatic heterocycles. The molecule has 86 valence electrons. The number of benzene rings is 1. The molecular weight excluding hydrogens is 214 g/mol. The zero-order valence-corrected chi connectivity index (χ0v) is 9.39. The average Bonchev–Trinajstić information content (AvgIpc) is 2.25. The number of carbonyl (C=O) groups is 1. The van der Waals surface area contributed by atoms with Gasteiger partial charge in [0.25, 0.3) is 5.91 Å². The lowest BCUT2D eigenvalue weighted by atomic mass is 10.1. The maximum Gasteiger partial charge on any atom is 0.254 e. The van der Waals surface area contributed by atoms with Gasteiger partial charge in [-0.05, 0) is 30.7 Å². The number of rotatable bonds is 1. The normalized spacial score (nSPS) is 14.7. The molecule has 2 aromatic rings. The number of anilines is 1. The fourth-order valence-corrected chi connectivity index (χ4v) is 2.05. The monoisotopic (exact) mass is 227 g/mol. The van der Waals surface area contributed by atoms with Crippen molar-refractivity contribution in [2.45, 2.75) is 6.42 Å². The fraction of sp³-hybridized carbons (Fsp3) is 0.231. The summed E-state index contributed by atoms with van der Waals surface area (Å²) in [6.07, 6.45) is 1.10. The van der Waals surface area contributed by atoms with Crippen LogP contribution < -0.4 is 5.73 Å². The molecule has 0 spiro atoms. The second-order valence-electron chi connectivity index (χ2n) is 4.25. The Morgan fingerprint density at radius 2 is 2.06 bits per heavy atom. The van der Waals surface area contributed by atoms with E-state index < -0.39 is 0 Å². The van der Waals surface area contributed by atoms with Crippen molar-refractivity contribution < 1.29 is 4.79 Å². The van der Waals surface area contributed by atoms with Gasteiger partial charge in [0.15, 0.2) is 0 Å². The average molecular weight is 227 g/mol. The van der Waals surface area contributed by atoms with Gasteiger partial charge in [0.05, 0.1) is 5.52 Å². The van der Waals surface area contributed by atoms with E-state index in [1.165, 1.54) is 0 Å². The molecule has 1 fully saturated rings. The van der Waals surface area contributed by atoms with Gasteiger partial charge in [0, 0.05) is 24.0 Å². The molecule has 1 aromatic carbocycles. The van der Waals surface area contributed by atoms with Crippen LogP contribution in [-0.2, 0) is 0 Å². The van der Waals surface area contributed by atoms with Gasteiger partial charge in [0.2, 0.25) is 0 Å². The third kappa shape index (κ3) is 1.62. The Morgan fingerprint density at radius 3 is 2.76 bits per heavy atom. The number of pyridine rings is 1. The Morgan fingerprint density at radius 1 is 1.24 bits per heavy atom. The smallest absolute Gasteiger partial charge is 0.254 e. The SMILES string of the molecule is Nc1ccc2c(C(=O)N3CCC3)cccc2n1. The van der Waals surface area contributed by atoms with Gasteiger partial charge < -0.3 is 10.6 Å². The second kappa shape index (κ2) is 3.73. The number of nitrogens with zero attached hydrogens (tertiary/aromatic N) is 2. The first-order chi connectivity index (χ1) is 8.25. The number of hydrogen-bond acceptors (Lipinski definition) is 3. The molecule has 0 radical (unpaired) electrons. The first-order valence-electron chi connectivity index (χ1n) is 5.70. The van der Waals surface area contributed by atoms with Gasteiger partial charge in [-0.3, -0.25) is 4.79 Å². The van der Waals surface area contributed by atoms with Crippen molar-refractivity contribution in [3.8, 4) is 0 Å². The van der Waals surface area contributed by atoms with Crippen LogP contribution in [0.4, 0.5) is 5.82 Å². The minimum absolute atomic E-state index is 0.0911. The quantitative estimate of drug-likeness (QED) is 0.806. The third-order valence-corrected chi connectivity index (χ3v) is 3.13. The van der Waals surface area contributed by atoms with Gasteiger partial charge in [-0.25, -0.2) is 4.98 Å². The Kier molecular flexibility index (Phi) is 2.21. The number of likely N-dealkylation sites (tertiary alicyclic amines) is 1. The standard InChI is InChI=1S/C13H13N3O/c14-12-6-5-9-10(3-1-4-11(9)15-12)13(17)16-7-2-8-16/h1,3-6H,2,7-8H2,(H2,14,15). The zero-order valence-electron chi connectivity index (χ0n) is 9.39. The summed E-state index contributed by atoms with van der Waals surface area (Å²) in [5, 5.41) is 0.874. The molecular formula is C13H13N3O. The highest BCUT2D eigenvalue weighted by atomic mass is 16.2. The number of aromatic nitrogens is 1. The first kappa shape index (κ1) is 10.1. The summed E-state index contributed by atoms with van der Waals surface area (Å²) in [4.78, 5) is 18.3. The van der Waals surface area contributed by atoms with Crippen LogP contribution in [0, 0.1) is 0 Å². The van der Waals surface area contributed by atoms with Crippen LogP contribution in [0.25, 0.3) is 10.9 Å². The van der Waals surface area contributed by atoms with E-state index in [2.05, 4.69) is 4.98 Å². The third-order valence-electron chi connectivity index (χ3n) is 3.13. The fourth-order valence-electron chi connectivity index (χ4n) is 2.05. The van der Waals surface area contributed by atoms with Gasteiger partial charge in [-0.1, -0.05) is 6.07 Å². The summed E-state index contributed by atoms with van der Waals surface area (Å²) in [5.74, 6) is 0.569. The van der Waals surface area contributed by atoms with E-state index in [-0.39, 0.29) is 5.91 Å². The highest BCUT2D eigenvalue weighted by Gasteiger charge is 2.22. The highest BCUT2D eigenvalue weighted by molar-refractivity contribution is 6.06. The topological polar surface area (TPSA) is 59.2 Å². The predicted octanol–water partition coefficient (Wildman–Crippen LogP) is 1.66. The van der Waals surface area contributed by atoms with Crippen molar-refractivity contribution in [2.75, 3.05) is 18.8 Å². The predicted molar refractivity (Wildman–Crippen MR) is 66.7 cm³/mol. The molecule has 0 aliphatic carbocycles. The molecule has 0 atom stereocenters. The lowest BCUT2D eigenvalue weighted by molar-refractivity contribution is 0.0654. The maximum absolute atomic E-state index is 12.2. The molecule has 2 heterocycles. The lowest BCUT2D eigenvalue weighted by Gasteiger charge is -2.31. The summed E-state index contributed by atoms with van der Waals surface area (Å²) in [5.41, 5.74) is 7.13. The van der Waals surface area contributed by atoms with Crippen LogP contribution in [0.15, 0.2) is 30.3 Å². The summed E-state index contributed by atoms with van der Waals surface area (Å²) in [6, 6.07) is 9.17. The second-order valence-corrected chi connectivity index (χ2v) is 4.25. The number of hydrogen-bond donors (Lipinski definition) is 1. The van der Waals surface area contributed by atoms with Crippen LogP contribution in [0.2, 0.25) is 0 Å². The molecule has 0 bridgehead atoms. The minimum Gasteiger partial charge on any atom is -0.384 e. The van der Waals surface area contributed by atoms with Crippen molar-refractivity contribution in [1.82, 2.24) is 9.88 Å². The van der Waals surface area contributed by atoms with Crippen LogP contribution in [0.1, 0.15) is 16.8 Å². The molecule has 1 saturated heterocycles. The highest BCUT2D eigenvalue weighted by Crippen LogP contribution is 2.21. The summed E-state index contributed by atoms with van der Waals surface area (Å²) in [6.45, 7) is 1.72. The van der Waals surface area contributed by atoms with Crippen LogP contribution >= 0.6 is 0 Å². The van der Waals surface area contributed by atoms with E-state index in [4.69, 9.17) is 5.73 Å². The summed E-state index contributed by atoms with van der Waals surface area (Å²) >= 11 is 0.